The molecule has 4 aliphatic heterocycles. The first-order valence-corrected chi connectivity index (χ1v) is 10.8. The van der Waals surface area contributed by atoms with Crippen LogP contribution in [0.2, 0.25) is 0 Å². The van der Waals surface area contributed by atoms with E-state index in [-0.39, 0.29) is 11.5 Å². The topological polar surface area (TPSA) is 61.8 Å². The van der Waals surface area contributed by atoms with Crippen LogP contribution in [-0.4, -0.2) is 76.4 Å². The Balaban J connectivity index is 1.22. The number of hydrogen-bond donors (Lipinski definition) is 0. The Labute approximate surface area is 177 Å². The van der Waals surface area contributed by atoms with Crippen LogP contribution in [0.25, 0.3) is 5.70 Å². The van der Waals surface area contributed by atoms with Gasteiger partial charge in [0.1, 0.15) is 19.4 Å². The molecule has 4 heterocycles. The fraction of sp³-hybridized carbons (Fsp3) is 0.609. The van der Waals surface area contributed by atoms with Gasteiger partial charge >= 0.3 is 0 Å². The Kier molecular flexibility index (Phi) is 5.78. The molecule has 2 fully saturated rings. The number of benzene rings is 1. The van der Waals surface area contributed by atoms with Gasteiger partial charge in [-0.25, -0.2) is 4.99 Å². The van der Waals surface area contributed by atoms with Crippen LogP contribution in [0.1, 0.15) is 23.6 Å². The highest BCUT2D eigenvalue weighted by atomic mass is 16.6. The average molecular weight is 415 g/mol. The van der Waals surface area contributed by atoms with Crippen LogP contribution in [-0.2, 0) is 36.7 Å². The van der Waals surface area contributed by atoms with Crippen molar-refractivity contribution in [1.29, 1.82) is 0 Å². The molecule has 162 valence electrons. The van der Waals surface area contributed by atoms with E-state index < -0.39 is 0 Å². The zero-order valence-corrected chi connectivity index (χ0v) is 17.6. The maximum Gasteiger partial charge on any atom is 0.212 e. The fourth-order valence-corrected chi connectivity index (χ4v) is 4.22. The molecular weight excluding hydrogens is 384 g/mol. The average Bonchev–Trinajstić information content (AvgIpc) is 2.77. The number of fused-ring (bicyclic) bond motifs is 3. The van der Waals surface area contributed by atoms with Gasteiger partial charge in [-0.1, -0.05) is 25.1 Å². The van der Waals surface area contributed by atoms with Crippen molar-refractivity contribution >= 4 is 11.6 Å². The molecule has 0 N–H and O–H groups in total. The van der Waals surface area contributed by atoms with Gasteiger partial charge in [0.25, 0.3) is 0 Å². The number of rotatable bonds is 6. The van der Waals surface area contributed by atoms with Crippen LogP contribution < -0.4 is 0 Å². The molecule has 7 heteroatoms. The lowest BCUT2D eigenvalue weighted by atomic mass is 9.90. The van der Waals surface area contributed by atoms with E-state index in [0.29, 0.717) is 45.6 Å². The maximum absolute atomic E-state index is 5.96. The Morgan fingerprint density at radius 1 is 1.23 bits per heavy atom. The van der Waals surface area contributed by atoms with E-state index in [2.05, 4.69) is 41.1 Å². The first-order valence-electron chi connectivity index (χ1n) is 10.8. The van der Waals surface area contributed by atoms with Gasteiger partial charge < -0.3 is 28.6 Å². The van der Waals surface area contributed by atoms with Crippen molar-refractivity contribution in [3.8, 4) is 0 Å². The largest absolute Gasteiger partial charge is 0.475 e. The summed E-state index contributed by atoms with van der Waals surface area (Å²) in [7, 11) is 0. The highest BCUT2D eigenvalue weighted by Crippen LogP contribution is 2.32. The minimum atomic E-state index is -0.0205. The molecule has 4 aliphatic rings. The van der Waals surface area contributed by atoms with E-state index in [1.54, 1.807) is 0 Å². The predicted molar refractivity (Wildman–Crippen MR) is 112 cm³/mol. The monoisotopic (exact) mass is 414 g/mol. The smallest absolute Gasteiger partial charge is 0.212 e. The van der Waals surface area contributed by atoms with Crippen LogP contribution in [0.3, 0.4) is 0 Å². The molecule has 7 nitrogen and oxygen atoms in total. The molecule has 30 heavy (non-hydrogen) atoms. The SMILES string of the molecule is CC1(COCc2ccc3c(c2)CCN2CN=C(OC[C@@H]4COCCO4)C=C32)COC1. The Morgan fingerprint density at radius 2 is 2.17 bits per heavy atom. The second-order valence-corrected chi connectivity index (χ2v) is 8.85. The molecule has 0 aliphatic carbocycles. The van der Waals surface area contributed by atoms with Crippen LogP contribution in [0.4, 0.5) is 0 Å². The minimum Gasteiger partial charge on any atom is -0.475 e. The normalized spacial score (nSPS) is 24.8. The van der Waals surface area contributed by atoms with Crippen LogP contribution in [0.15, 0.2) is 29.3 Å². The van der Waals surface area contributed by atoms with Gasteiger partial charge in [-0.2, -0.15) is 0 Å². The van der Waals surface area contributed by atoms with Crippen molar-refractivity contribution in [2.24, 2.45) is 10.4 Å². The van der Waals surface area contributed by atoms with Crippen LogP contribution in [0.5, 0.6) is 0 Å². The molecule has 1 aromatic rings. The molecule has 2 saturated heterocycles. The van der Waals surface area contributed by atoms with Crippen molar-refractivity contribution in [1.82, 2.24) is 4.90 Å². The predicted octanol–water partition coefficient (Wildman–Crippen LogP) is 2.24. The van der Waals surface area contributed by atoms with E-state index >= 15 is 0 Å². The number of aliphatic imine (C=N–C) groups is 1. The van der Waals surface area contributed by atoms with E-state index in [0.717, 1.165) is 32.8 Å². The van der Waals surface area contributed by atoms with Gasteiger partial charge in [0.2, 0.25) is 5.90 Å². The van der Waals surface area contributed by atoms with Crippen molar-refractivity contribution in [3.05, 3.63) is 41.0 Å². The van der Waals surface area contributed by atoms with Gasteiger partial charge in [0.15, 0.2) is 0 Å². The Bertz CT molecular complexity index is 827. The summed E-state index contributed by atoms with van der Waals surface area (Å²) in [5.41, 5.74) is 5.22. The van der Waals surface area contributed by atoms with Gasteiger partial charge in [0, 0.05) is 23.6 Å². The summed E-state index contributed by atoms with van der Waals surface area (Å²) in [4.78, 5) is 6.89. The van der Waals surface area contributed by atoms with Gasteiger partial charge in [-0.15, -0.1) is 0 Å². The third-order valence-electron chi connectivity index (χ3n) is 6.02. The lowest BCUT2D eigenvalue weighted by molar-refractivity contribution is -0.140. The van der Waals surface area contributed by atoms with Crippen molar-refractivity contribution in [3.63, 3.8) is 0 Å². The lowest BCUT2D eigenvalue weighted by Crippen LogP contribution is -2.43. The quantitative estimate of drug-likeness (QED) is 0.712. The highest BCUT2D eigenvalue weighted by Gasteiger charge is 2.33. The molecule has 1 atom stereocenters. The first kappa shape index (κ1) is 20.0. The molecule has 0 spiro atoms. The minimum absolute atomic E-state index is 0.0205. The number of nitrogens with zero attached hydrogens (tertiary/aromatic N) is 2. The number of ether oxygens (including phenoxy) is 5. The molecule has 1 aromatic carbocycles. The molecular formula is C23H30N2O5. The number of hydrogen-bond acceptors (Lipinski definition) is 7. The molecule has 0 radical (unpaired) electrons. The van der Waals surface area contributed by atoms with Crippen molar-refractivity contribution in [2.45, 2.75) is 26.1 Å². The summed E-state index contributed by atoms with van der Waals surface area (Å²) in [5, 5.41) is 0. The fourth-order valence-electron chi connectivity index (χ4n) is 4.22. The summed E-state index contributed by atoms with van der Waals surface area (Å²) in [6.45, 7) is 9.13. The van der Waals surface area contributed by atoms with E-state index in [4.69, 9.17) is 23.7 Å². The second-order valence-electron chi connectivity index (χ2n) is 8.85. The third-order valence-corrected chi connectivity index (χ3v) is 6.02. The van der Waals surface area contributed by atoms with Gasteiger partial charge in [-0.3, -0.25) is 0 Å². The van der Waals surface area contributed by atoms with Gasteiger partial charge in [0.05, 0.1) is 51.9 Å². The molecule has 0 saturated carbocycles. The zero-order chi connectivity index (χ0) is 20.4. The van der Waals surface area contributed by atoms with Gasteiger partial charge in [-0.05, 0) is 17.5 Å². The van der Waals surface area contributed by atoms with E-state index in [1.165, 1.54) is 22.4 Å². The van der Waals surface area contributed by atoms with Crippen molar-refractivity contribution in [2.75, 3.05) is 59.5 Å². The molecule has 0 bridgehead atoms. The standard InChI is InChI=1S/C23H30N2O5/c1-23(14-28-15-23)13-27-10-17-2-3-20-18(8-17)4-5-25-16-24-22(9-21(20)25)30-12-19-11-26-6-7-29-19/h2-3,8-9,19H,4-7,10-16H2,1H3/t19-/m0/s1. The van der Waals surface area contributed by atoms with Crippen LogP contribution in [0, 0.1) is 5.41 Å². The van der Waals surface area contributed by atoms with Crippen molar-refractivity contribution < 1.29 is 23.7 Å². The molecule has 0 unspecified atom stereocenters. The van der Waals surface area contributed by atoms with E-state index in [1.807, 2.05) is 0 Å². The summed E-state index contributed by atoms with van der Waals surface area (Å²) in [5.74, 6) is 0.673. The molecule has 5 rings (SSSR count). The molecule has 0 amide bonds. The van der Waals surface area contributed by atoms with E-state index in [9.17, 15) is 0 Å². The zero-order valence-electron chi connectivity index (χ0n) is 17.6. The first-order chi connectivity index (χ1) is 14.7. The summed E-state index contributed by atoms with van der Waals surface area (Å²) < 4.78 is 28.3. The maximum atomic E-state index is 5.96. The van der Waals surface area contributed by atoms with Crippen LogP contribution >= 0.6 is 0 Å². The lowest BCUT2D eigenvalue weighted by Gasteiger charge is -2.37. The Morgan fingerprint density at radius 3 is 2.97 bits per heavy atom. The Hall–Kier alpha value is -1.93. The second kappa shape index (κ2) is 8.67. The molecule has 0 aromatic heterocycles. The third kappa shape index (κ3) is 4.39. The highest BCUT2D eigenvalue weighted by molar-refractivity contribution is 5.96. The summed E-state index contributed by atoms with van der Waals surface area (Å²) in [6, 6.07) is 6.66. The summed E-state index contributed by atoms with van der Waals surface area (Å²) >= 11 is 0. The summed E-state index contributed by atoms with van der Waals surface area (Å²) in [6.07, 6.45) is 3.05.